The van der Waals surface area contributed by atoms with E-state index in [9.17, 15) is 5.11 Å². The van der Waals surface area contributed by atoms with Crippen molar-refractivity contribution in [2.75, 3.05) is 6.54 Å². The van der Waals surface area contributed by atoms with Crippen LogP contribution in [0.25, 0.3) is 0 Å². The molecule has 1 atom stereocenters. The highest BCUT2D eigenvalue weighted by atomic mass is 16.4. The lowest BCUT2D eigenvalue weighted by Crippen LogP contribution is -2.03. The number of nitrogens with zero attached hydrogens (tertiary/aromatic N) is 1. The van der Waals surface area contributed by atoms with Crippen molar-refractivity contribution in [1.82, 2.24) is 4.98 Å². The number of aliphatic hydroxyl groups is 1. The van der Waals surface area contributed by atoms with Crippen LogP contribution in [0.3, 0.4) is 0 Å². The Hall–Kier alpha value is -0.870. The lowest BCUT2D eigenvalue weighted by molar-refractivity contribution is 0.131. The molecule has 3 N–H and O–H groups in total. The largest absolute Gasteiger partial charge is 0.443 e. The van der Waals surface area contributed by atoms with Crippen LogP contribution < -0.4 is 5.73 Å². The first-order valence-electron chi connectivity index (χ1n) is 4.47. The molecule has 4 heteroatoms. The smallest absolute Gasteiger partial charge is 0.223 e. The molecule has 0 aromatic carbocycles. The molecule has 13 heavy (non-hydrogen) atoms. The predicted molar refractivity (Wildman–Crippen MR) is 49.2 cm³/mol. The molecule has 0 aliphatic heterocycles. The summed E-state index contributed by atoms with van der Waals surface area (Å²) in [5.74, 6) is 1.17. The van der Waals surface area contributed by atoms with Crippen molar-refractivity contribution in [1.29, 1.82) is 0 Å². The average Bonchev–Trinajstić information content (AvgIpc) is 2.43. The summed E-state index contributed by atoms with van der Waals surface area (Å²) in [6, 6.07) is 0. The highest BCUT2D eigenvalue weighted by molar-refractivity contribution is 5.06. The van der Waals surface area contributed by atoms with Crippen LogP contribution in [-0.2, 0) is 0 Å². The van der Waals surface area contributed by atoms with Crippen molar-refractivity contribution >= 4 is 0 Å². The van der Waals surface area contributed by atoms with E-state index < -0.39 is 6.10 Å². The Morgan fingerprint density at radius 1 is 1.54 bits per heavy atom. The van der Waals surface area contributed by atoms with E-state index in [1.54, 1.807) is 0 Å². The van der Waals surface area contributed by atoms with Gasteiger partial charge in [-0.25, -0.2) is 4.98 Å². The number of hydrogen-bond donors (Lipinski definition) is 2. The molecule has 0 bridgehead atoms. The summed E-state index contributed by atoms with van der Waals surface area (Å²) < 4.78 is 5.27. The molecule has 1 heterocycles. The molecule has 1 rings (SSSR count). The second-order valence-corrected chi connectivity index (χ2v) is 3.14. The van der Waals surface area contributed by atoms with Crippen molar-refractivity contribution in [2.24, 2.45) is 5.73 Å². The van der Waals surface area contributed by atoms with Gasteiger partial charge in [0.25, 0.3) is 0 Å². The molecule has 1 aromatic heterocycles. The van der Waals surface area contributed by atoms with Crippen molar-refractivity contribution in [3.8, 4) is 0 Å². The minimum Gasteiger partial charge on any atom is -0.443 e. The van der Waals surface area contributed by atoms with Gasteiger partial charge in [0.2, 0.25) is 5.89 Å². The van der Waals surface area contributed by atoms with Gasteiger partial charge in [-0.05, 0) is 33.2 Å². The molecule has 0 aliphatic carbocycles. The van der Waals surface area contributed by atoms with Crippen molar-refractivity contribution < 1.29 is 9.52 Å². The summed E-state index contributed by atoms with van der Waals surface area (Å²) in [5.41, 5.74) is 6.16. The second kappa shape index (κ2) is 4.39. The maximum atomic E-state index is 9.58. The maximum Gasteiger partial charge on any atom is 0.223 e. The Kier molecular flexibility index (Phi) is 3.45. The lowest BCUT2D eigenvalue weighted by Gasteiger charge is -2.03. The number of aryl methyl sites for hydroxylation is 2. The predicted octanol–water partition coefficient (Wildman–Crippen LogP) is 1.06. The molecule has 0 spiro atoms. The molecule has 0 aliphatic rings. The summed E-state index contributed by atoms with van der Waals surface area (Å²) in [4.78, 5) is 4.11. The first kappa shape index (κ1) is 10.2. The Bertz CT molecular complexity index is 251. The van der Waals surface area contributed by atoms with Gasteiger partial charge in [-0.1, -0.05) is 0 Å². The normalized spacial score (nSPS) is 13.2. The number of hydrogen-bond acceptors (Lipinski definition) is 4. The van der Waals surface area contributed by atoms with Crippen LogP contribution in [0, 0.1) is 13.8 Å². The number of rotatable bonds is 4. The van der Waals surface area contributed by atoms with Gasteiger partial charge in [0.1, 0.15) is 11.9 Å². The first-order valence-corrected chi connectivity index (χ1v) is 4.47. The van der Waals surface area contributed by atoms with Gasteiger partial charge < -0.3 is 15.3 Å². The summed E-state index contributed by atoms with van der Waals surface area (Å²) in [6.07, 6.45) is 0.772. The number of oxazole rings is 1. The summed E-state index contributed by atoms with van der Waals surface area (Å²) in [5, 5.41) is 9.58. The highest BCUT2D eigenvalue weighted by Crippen LogP contribution is 2.19. The first-order chi connectivity index (χ1) is 6.15. The van der Waals surface area contributed by atoms with E-state index in [2.05, 4.69) is 4.98 Å². The van der Waals surface area contributed by atoms with Gasteiger partial charge in [-0.2, -0.15) is 0 Å². The maximum absolute atomic E-state index is 9.58. The van der Waals surface area contributed by atoms with Crippen LogP contribution in [-0.4, -0.2) is 16.6 Å². The van der Waals surface area contributed by atoms with Gasteiger partial charge in [0.05, 0.1) is 5.69 Å². The highest BCUT2D eigenvalue weighted by Gasteiger charge is 2.14. The van der Waals surface area contributed by atoms with Crippen LogP contribution in [0.1, 0.15) is 36.3 Å². The van der Waals surface area contributed by atoms with E-state index in [-0.39, 0.29) is 0 Å². The lowest BCUT2D eigenvalue weighted by atomic mass is 10.2. The summed E-state index contributed by atoms with van der Waals surface area (Å²) >= 11 is 0. The number of aliphatic hydroxyl groups excluding tert-OH is 1. The standard InChI is InChI=1S/C9H16N2O2/c1-6-7(2)13-9(11-6)8(12)4-3-5-10/h8,12H,3-5,10H2,1-2H3. The second-order valence-electron chi connectivity index (χ2n) is 3.14. The fourth-order valence-electron chi connectivity index (χ4n) is 1.07. The molecule has 1 unspecified atom stereocenters. The molecule has 0 radical (unpaired) electrons. The Morgan fingerprint density at radius 3 is 2.69 bits per heavy atom. The van der Waals surface area contributed by atoms with E-state index >= 15 is 0 Å². The van der Waals surface area contributed by atoms with Crippen LogP contribution in [0.15, 0.2) is 4.42 Å². The van der Waals surface area contributed by atoms with E-state index in [4.69, 9.17) is 10.2 Å². The van der Waals surface area contributed by atoms with Crippen LogP contribution in [0.4, 0.5) is 0 Å². The molecular weight excluding hydrogens is 168 g/mol. The monoisotopic (exact) mass is 184 g/mol. The minimum atomic E-state index is -0.615. The van der Waals surface area contributed by atoms with Crippen molar-refractivity contribution in [3.63, 3.8) is 0 Å². The van der Waals surface area contributed by atoms with E-state index in [1.165, 1.54) is 0 Å². The number of nitrogens with two attached hydrogens (primary N) is 1. The molecule has 4 nitrogen and oxygen atoms in total. The van der Waals surface area contributed by atoms with Gasteiger partial charge in [-0.15, -0.1) is 0 Å². The quantitative estimate of drug-likeness (QED) is 0.734. The van der Waals surface area contributed by atoms with Gasteiger partial charge in [0, 0.05) is 0 Å². The molecule has 0 fully saturated rings. The fraction of sp³-hybridized carbons (Fsp3) is 0.667. The fourth-order valence-corrected chi connectivity index (χ4v) is 1.07. The van der Waals surface area contributed by atoms with Gasteiger partial charge in [-0.3, -0.25) is 0 Å². The zero-order valence-electron chi connectivity index (χ0n) is 8.08. The van der Waals surface area contributed by atoms with Crippen molar-refractivity contribution in [2.45, 2.75) is 32.8 Å². The topological polar surface area (TPSA) is 72.3 Å². The van der Waals surface area contributed by atoms with Crippen molar-refractivity contribution in [3.05, 3.63) is 17.3 Å². The Labute approximate surface area is 77.8 Å². The van der Waals surface area contributed by atoms with Gasteiger partial charge in [0.15, 0.2) is 0 Å². The van der Waals surface area contributed by atoms with Crippen LogP contribution in [0.2, 0.25) is 0 Å². The Balaban J connectivity index is 2.60. The molecule has 74 valence electrons. The third-order valence-electron chi connectivity index (χ3n) is 2.01. The molecular formula is C9H16N2O2. The zero-order chi connectivity index (χ0) is 9.84. The minimum absolute atomic E-state index is 0.406. The summed E-state index contributed by atoms with van der Waals surface area (Å²) in [6.45, 7) is 4.27. The molecule has 1 aromatic rings. The van der Waals surface area contributed by atoms with E-state index in [0.717, 1.165) is 17.9 Å². The molecule has 0 amide bonds. The van der Waals surface area contributed by atoms with Gasteiger partial charge >= 0.3 is 0 Å². The summed E-state index contributed by atoms with van der Waals surface area (Å²) in [7, 11) is 0. The van der Waals surface area contributed by atoms with Crippen LogP contribution >= 0.6 is 0 Å². The Morgan fingerprint density at radius 2 is 2.23 bits per heavy atom. The number of aromatic nitrogens is 1. The molecule has 0 saturated heterocycles. The average molecular weight is 184 g/mol. The van der Waals surface area contributed by atoms with Crippen LogP contribution in [0.5, 0.6) is 0 Å². The third kappa shape index (κ3) is 2.54. The third-order valence-corrected chi connectivity index (χ3v) is 2.01. The zero-order valence-corrected chi connectivity index (χ0v) is 8.08. The SMILES string of the molecule is Cc1nc(C(O)CCCN)oc1C. The van der Waals surface area contributed by atoms with E-state index in [1.807, 2.05) is 13.8 Å². The molecule has 0 saturated carbocycles. The van der Waals surface area contributed by atoms with E-state index in [0.29, 0.717) is 18.9 Å².